The quantitative estimate of drug-likeness (QED) is 0.907. The van der Waals surface area contributed by atoms with E-state index in [-0.39, 0.29) is 10.6 Å². The molecule has 0 atom stereocenters. The van der Waals surface area contributed by atoms with Crippen molar-refractivity contribution in [1.29, 1.82) is 0 Å². The third kappa shape index (κ3) is 2.51. The summed E-state index contributed by atoms with van der Waals surface area (Å²) >= 11 is 1.86. The van der Waals surface area contributed by atoms with Gasteiger partial charge in [0.15, 0.2) is 0 Å². The molecule has 20 heavy (non-hydrogen) atoms. The average Bonchev–Trinajstić information content (AvgIpc) is 2.72. The highest BCUT2D eigenvalue weighted by molar-refractivity contribution is 8.00. The summed E-state index contributed by atoms with van der Waals surface area (Å²) in [6.45, 7) is 6.96. The first-order valence-corrected chi connectivity index (χ1v) is 8.16. The molecule has 1 heterocycles. The molecular formula is C15H22FN3S. The van der Waals surface area contributed by atoms with E-state index in [4.69, 9.17) is 5.73 Å². The van der Waals surface area contributed by atoms with Gasteiger partial charge in [0.2, 0.25) is 5.95 Å². The normalized spacial score (nSPS) is 12.2. The summed E-state index contributed by atoms with van der Waals surface area (Å²) in [7, 11) is 0. The molecule has 0 spiro atoms. The number of imidazole rings is 1. The molecule has 1 aromatic heterocycles. The molecule has 0 aliphatic carbocycles. The van der Waals surface area contributed by atoms with Gasteiger partial charge in [0.25, 0.3) is 0 Å². The van der Waals surface area contributed by atoms with Crippen molar-refractivity contribution in [3.63, 3.8) is 0 Å². The Balaban J connectivity index is 2.54. The number of fused-ring (bicyclic) bond motifs is 1. The maximum absolute atomic E-state index is 13.6. The van der Waals surface area contributed by atoms with E-state index in [0.29, 0.717) is 17.0 Å². The van der Waals surface area contributed by atoms with Crippen molar-refractivity contribution < 1.29 is 4.39 Å². The van der Waals surface area contributed by atoms with Gasteiger partial charge < -0.3 is 10.3 Å². The molecule has 0 amide bonds. The van der Waals surface area contributed by atoms with E-state index in [1.807, 2.05) is 22.4 Å². The fourth-order valence-corrected chi connectivity index (χ4v) is 3.39. The summed E-state index contributed by atoms with van der Waals surface area (Å²) in [4.78, 5) is 4.29. The van der Waals surface area contributed by atoms with E-state index < -0.39 is 0 Å². The number of rotatable bonds is 5. The lowest BCUT2D eigenvalue weighted by molar-refractivity contribution is 0.476. The molecule has 110 valence electrons. The second-order valence-electron chi connectivity index (χ2n) is 5.24. The van der Waals surface area contributed by atoms with Crippen LogP contribution in [-0.2, 0) is 6.54 Å². The number of aryl methyl sites for hydroxylation is 1. The summed E-state index contributed by atoms with van der Waals surface area (Å²) in [6, 6.07) is 3.31. The van der Waals surface area contributed by atoms with Crippen LogP contribution in [-0.4, -0.2) is 20.6 Å². The number of nitrogens with zero attached hydrogens (tertiary/aromatic N) is 2. The highest BCUT2D eigenvalue weighted by Gasteiger charge is 2.27. The Morgan fingerprint density at radius 3 is 2.55 bits per heavy atom. The van der Waals surface area contributed by atoms with Crippen LogP contribution >= 0.6 is 11.8 Å². The molecule has 1 aromatic carbocycles. The van der Waals surface area contributed by atoms with E-state index in [9.17, 15) is 4.39 Å². The highest BCUT2D eigenvalue weighted by atomic mass is 32.2. The first kappa shape index (κ1) is 15.2. The van der Waals surface area contributed by atoms with Gasteiger partial charge in [-0.3, -0.25) is 0 Å². The lowest BCUT2D eigenvalue weighted by Crippen LogP contribution is -2.29. The van der Waals surface area contributed by atoms with Crippen LogP contribution < -0.4 is 5.73 Å². The van der Waals surface area contributed by atoms with Crippen molar-refractivity contribution in [1.82, 2.24) is 9.55 Å². The number of nitrogen functional groups attached to an aromatic ring is 1. The standard InChI is InChI=1S/C15H22FN3S/c1-5-15(6-2,20-4)9-19-13-7-10(3)11(16)8-12(13)18-14(19)17/h7-8H,5-6,9H2,1-4H3,(H2,17,18). The molecule has 0 saturated carbocycles. The molecule has 0 fully saturated rings. The zero-order chi connectivity index (χ0) is 14.9. The Hall–Kier alpha value is -1.23. The number of benzene rings is 1. The molecule has 2 N–H and O–H groups in total. The molecule has 0 aliphatic heterocycles. The second-order valence-corrected chi connectivity index (χ2v) is 6.51. The Bertz CT molecular complexity index is 609. The Labute approximate surface area is 123 Å². The second kappa shape index (κ2) is 5.64. The third-order valence-electron chi connectivity index (χ3n) is 4.23. The molecule has 0 aliphatic rings. The number of aromatic nitrogens is 2. The Morgan fingerprint density at radius 1 is 1.35 bits per heavy atom. The minimum absolute atomic E-state index is 0.143. The van der Waals surface area contributed by atoms with E-state index >= 15 is 0 Å². The summed E-state index contributed by atoms with van der Waals surface area (Å²) < 4.78 is 15.8. The van der Waals surface area contributed by atoms with Gasteiger partial charge in [-0.2, -0.15) is 11.8 Å². The van der Waals surface area contributed by atoms with Gasteiger partial charge in [0.1, 0.15) is 5.82 Å². The summed E-state index contributed by atoms with van der Waals surface area (Å²) in [5.41, 5.74) is 8.22. The fraction of sp³-hybridized carbons (Fsp3) is 0.533. The first-order valence-electron chi connectivity index (χ1n) is 6.93. The number of thioether (sulfide) groups is 1. The van der Waals surface area contributed by atoms with Gasteiger partial charge in [-0.15, -0.1) is 0 Å². The Kier molecular flexibility index (Phi) is 4.28. The molecule has 3 nitrogen and oxygen atoms in total. The summed E-state index contributed by atoms with van der Waals surface area (Å²) in [5, 5.41) is 0. The van der Waals surface area contributed by atoms with E-state index in [1.165, 1.54) is 6.07 Å². The maximum atomic E-state index is 13.6. The Morgan fingerprint density at radius 2 is 2.00 bits per heavy atom. The molecule has 5 heteroatoms. The fourth-order valence-electron chi connectivity index (χ4n) is 2.55. The van der Waals surface area contributed by atoms with Crippen LogP contribution in [0.4, 0.5) is 10.3 Å². The molecule has 0 bridgehead atoms. The predicted molar refractivity (Wildman–Crippen MR) is 85.7 cm³/mol. The smallest absolute Gasteiger partial charge is 0.201 e. The van der Waals surface area contributed by atoms with Crippen LogP contribution in [0.1, 0.15) is 32.3 Å². The SMILES string of the molecule is CCC(CC)(Cn1c(N)nc2cc(F)c(C)cc21)SC. The average molecular weight is 295 g/mol. The van der Waals surface area contributed by atoms with Crippen LogP contribution in [0.25, 0.3) is 11.0 Å². The van der Waals surface area contributed by atoms with Gasteiger partial charge in [0, 0.05) is 17.4 Å². The largest absolute Gasteiger partial charge is 0.369 e. The van der Waals surface area contributed by atoms with Crippen LogP contribution in [0, 0.1) is 12.7 Å². The van der Waals surface area contributed by atoms with E-state index in [2.05, 4.69) is 25.1 Å². The van der Waals surface area contributed by atoms with Crippen molar-refractivity contribution >= 4 is 28.7 Å². The summed E-state index contributed by atoms with van der Waals surface area (Å²) in [5.74, 6) is 0.231. The topological polar surface area (TPSA) is 43.8 Å². The number of anilines is 1. The molecule has 0 saturated heterocycles. The molecule has 0 radical (unpaired) electrons. The van der Waals surface area contributed by atoms with Crippen molar-refractivity contribution in [3.8, 4) is 0 Å². The van der Waals surface area contributed by atoms with E-state index in [0.717, 1.165) is 24.9 Å². The van der Waals surface area contributed by atoms with Gasteiger partial charge in [-0.1, -0.05) is 13.8 Å². The van der Waals surface area contributed by atoms with Crippen LogP contribution in [0.2, 0.25) is 0 Å². The number of nitrogens with two attached hydrogens (primary N) is 1. The zero-order valence-corrected chi connectivity index (χ0v) is 13.4. The lowest BCUT2D eigenvalue weighted by Gasteiger charge is -2.30. The number of hydrogen-bond acceptors (Lipinski definition) is 3. The zero-order valence-electron chi connectivity index (χ0n) is 12.5. The third-order valence-corrected chi connectivity index (χ3v) is 5.80. The molecular weight excluding hydrogens is 273 g/mol. The summed E-state index contributed by atoms with van der Waals surface area (Å²) in [6.07, 6.45) is 4.25. The van der Waals surface area contributed by atoms with Gasteiger partial charge in [-0.25, -0.2) is 9.37 Å². The van der Waals surface area contributed by atoms with Crippen molar-refractivity contribution in [2.24, 2.45) is 0 Å². The highest BCUT2D eigenvalue weighted by Crippen LogP contribution is 2.34. The van der Waals surface area contributed by atoms with Gasteiger partial charge >= 0.3 is 0 Å². The molecule has 0 unspecified atom stereocenters. The van der Waals surface area contributed by atoms with E-state index in [1.54, 1.807) is 6.92 Å². The first-order chi connectivity index (χ1) is 9.46. The number of hydrogen-bond donors (Lipinski definition) is 1. The molecule has 2 rings (SSSR count). The van der Waals surface area contributed by atoms with Crippen LogP contribution in [0.15, 0.2) is 12.1 Å². The maximum Gasteiger partial charge on any atom is 0.201 e. The number of halogens is 1. The predicted octanol–water partition coefficient (Wildman–Crippen LogP) is 3.99. The molecule has 2 aromatic rings. The lowest BCUT2D eigenvalue weighted by atomic mass is 10.0. The van der Waals surface area contributed by atoms with Gasteiger partial charge in [0.05, 0.1) is 11.0 Å². The monoisotopic (exact) mass is 295 g/mol. The minimum atomic E-state index is -0.232. The van der Waals surface area contributed by atoms with Crippen LogP contribution in [0.5, 0.6) is 0 Å². The van der Waals surface area contributed by atoms with Crippen molar-refractivity contribution in [2.45, 2.75) is 44.9 Å². The van der Waals surface area contributed by atoms with Crippen molar-refractivity contribution in [2.75, 3.05) is 12.0 Å². The van der Waals surface area contributed by atoms with Gasteiger partial charge in [-0.05, 0) is 37.7 Å². The van der Waals surface area contributed by atoms with Crippen LogP contribution in [0.3, 0.4) is 0 Å². The minimum Gasteiger partial charge on any atom is -0.369 e. The van der Waals surface area contributed by atoms with Crippen molar-refractivity contribution in [3.05, 3.63) is 23.5 Å².